The minimum Gasteiger partial charge on any atom is -0.351 e. The number of rotatable bonds is 5. The second-order valence-electron chi connectivity index (χ2n) is 8.06. The molecule has 8 heteroatoms. The Morgan fingerprint density at radius 2 is 1.78 bits per heavy atom. The van der Waals surface area contributed by atoms with Gasteiger partial charge in [0.2, 0.25) is 15.9 Å². The molecule has 2 heterocycles. The second kappa shape index (κ2) is 8.31. The molecule has 1 aliphatic heterocycles. The minimum atomic E-state index is -3.56. The van der Waals surface area contributed by atoms with Gasteiger partial charge in [0.15, 0.2) is 0 Å². The van der Waals surface area contributed by atoms with E-state index in [1.54, 1.807) is 18.2 Å². The van der Waals surface area contributed by atoms with E-state index in [1.807, 2.05) is 0 Å². The molecule has 0 aromatic carbocycles. The molecule has 2 unspecified atom stereocenters. The minimum absolute atomic E-state index is 0.0609. The van der Waals surface area contributed by atoms with E-state index in [4.69, 9.17) is 0 Å². The van der Waals surface area contributed by atoms with E-state index in [-0.39, 0.29) is 23.4 Å². The molecule has 1 aliphatic carbocycles. The smallest absolute Gasteiger partial charge is 0.246 e. The van der Waals surface area contributed by atoms with Crippen molar-refractivity contribution in [1.82, 2.24) is 19.4 Å². The fourth-order valence-corrected chi connectivity index (χ4v) is 6.25. The van der Waals surface area contributed by atoms with E-state index < -0.39 is 10.0 Å². The summed E-state index contributed by atoms with van der Waals surface area (Å²) in [5.41, 5.74) is 1.02. The van der Waals surface area contributed by atoms with E-state index >= 15 is 0 Å². The Morgan fingerprint density at radius 3 is 2.44 bits per heavy atom. The molecule has 152 valence electrons. The highest BCUT2D eigenvalue weighted by molar-refractivity contribution is 7.89. The SMILES string of the molecule is Cc1nn(CC(=O)NC2CCCCC2C)c(C)c1S(=O)(=O)N1CCCCC1. The molecule has 3 rings (SSSR count). The maximum atomic E-state index is 13.1. The lowest BCUT2D eigenvalue weighted by molar-refractivity contribution is -0.123. The Labute approximate surface area is 162 Å². The lowest BCUT2D eigenvalue weighted by Gasteiger charge is -2.29. The molecule has 1 aromatic rings. The fourth-order valence-electron chi connectivity index (χ4n) is 4.36. The topological polar surface area (TPSA) is 84.3 Å². The third kappa shape index (κ3) is 4.37. The van der Waals surface area contributed by atoms with Gasteiger partial charge in [-0.2, -0.15) is 9.40 Å². The number of piperidine rings is 1. The molecule has 0 bridgehead atoms. The van der Waals surface area contributed by atoms with Crippen LogP contribution >= 0.6 is 0 Å². The molecule has 2 atom stereocenters. The first-order chi connectivity index (χ1) is 12.8. The second-order valence-corrected chi connectivity index (χ2v) is 9.93. The van der Waals surface area contributed by atoms with Crippen LogP contribution in [0.3, 0.4) is 0 Å². The third-order valence-electron chi connectivity index (χ3n) is 5.98. The number of nitrogens with zero attached hydrogens (tertiary/aromatic N) is 3. The quantitative estimate of drug-likeness (QED) is 0.828. The van der Waals surface area contributed by atoms with Crippen molar-refractivity contribution in [2.45, 2.75) is 83.2 Å². The van der Waals surface area contributed by atoms with E-state index in [1.165, 1.54) is 11.1 Å². The van der Waals surface area contributed by atoms with Gasteiger partial charge in [-0.15, -0.1) is 0 Å². The maximum Gasteiger partial charge on any atom is 0.246 e. The van der Waals surface area contributed by atoms with E-state index in [9.17, 15) is 13.2 Å². The van der Waals surface area contributed by atoms with Crippen LogP contribution in [0.5, 0.6) is 0 Å². The van der Waals surface area contributed by atoms with Gasteiger partial charge in [0, 0.05) is 19.1 Å². The molecule has 1 saturated carbocycles. The van der Waals surface area contributed by atoms with Gasteiger partial charge in [-0.3, -0.25) is 9.48 Å². The van der Waals surface area contributed by atoms with Crippen molar-refractivity contribution in [2.75, 3.05) is 13.1 Å². The van der Waals surface area contributed by atoms with Crippen LogP contribution in [0.4, 0.5) is 0 Å². The number of amides is 1. The van der Waals surface area contributed by atoms with Crippen molar-refractivity contribution in [2.24, 2.45) is 5.92 Å². The molecule has 27 heavy (non-hydrogen) atoms. The average Bonchev–Trinajstić information content (AvgIpc) is 2.91. The first-order valence-corrected chi connectivity index (χ1v) is 11.6. The molecule has 1 amide bonds. The Kier molecular flexibility index (Phi) is 6.25. The van der Waals surface area contributed by atoms with Crippen molar-refractivity contribution in [3.05, 3.63) is 11.4 Å². The van der Waals surface area contributed by atoms with Gasteiger partial charge in [0.05, 0.1) is 11.4 Å². The lowest BCUT2D eigenvalue weighted by Crippen LogP contribution is -2.42. The molecule has 0 spiro atoms. The summed E-state index contributed by atoms with van der Waals surface area (Å²) in [6.07, 6.45) is 7.39. The number of aryl methyl sites for hydroxylation is 1. The maximum absolute atomic E-state index is 13.1. The Hall–Kier alpha value is -1.41. The predicted molar refractivity (Wildman–Crippen MR) is 104 cm³/mol. The lowest BCUT2D eigenvalue weighted by atomic mass is 9.86. The van der Waals surface area contributed by atoms with Crippen molar-refractivity contribution in [3.8, 4) is 0 Å². The van der Waals surface area contributed by atoms with Gasteiger partial charge in [0.1, 0.15) is 11.4 Å². The number of nitrogens with one attached hydrogen (secondary N) is 1. The van der Waals surface area contributed by atoms with Crippen molar-refractivity contribution >= 4 is 15.9 Å². The van der Waals surface area contributed by atoms with Crippen LogP contribution in [-0.4, -0.2) is 47.5 Å². The first kappa shape index (κ1) is 20.3. The van der Waals surface area contributed by atoms with Crippen molar-refractivity contribution in [1.29, 1.82) is 0 Å². The molecule has 2 aliphatic rings. The third-order valence-corrected chi connectivity index (χ3v) is 8.13. The van der Waals surface area contributed by atoms with Crippen LogP contribution in [0.25, 0.3) is 0 Å². The fraction of sp³-hybridized carbons (Fsp3) is 0.789. The predicted octanol–water partition coefficient (Wildman–Crippen LogP) is 2.37. The molecule has 7 nitrogen and oxygen atoms in total. The Balaban J connectivity index is 1.74. The van der Waals surface area contributed by atoms with Crippen LogP contribution in [0.1, 0.15) is 63.3 Å². The number of carbonyl (C=O) groups is 1. The summed E-state index contributed by atoms with van der Waals surface area (Å²) < 4.78 is 29.2. The summed E-state index contributed by atoms with van der Waals surface area (Å²) >= 11 is 0. The number of hydrogen-bond acceptors (Lipinski definition) is 4. The van der Waals surface area contributed by atoms with Gasteiger partial charge in [-0.25, -0.2) is 8.42 Å². The van der Waals surface area contributed by atoms with Crippen molar-refractivity contribution < 1.29 is 13.2 Å². The van der Waals surface area contributed by atoms with Crippen LogP contribution in [0, 0.1) is 19.8 Å². The molecule has 1 N–H and O–H groups in total. The number of carbonyl (C=O) groups excluding carboxylic acids is 1. The molecule has 2 fully saturated rings. The van der Waals surface area contributed by atoms with Crippen molar-refractivity contribution in [3.63, 3.8) is 0 Å². The van der Waals surface area contributed by atoms with Crippen LogP contribution in [0.2, 0.25) is 0 Å². The monoisotopic (exact) mass is 396 g/mol. The zero-order valence-corrected chi connectivity index (χ0v) is 17.5. The Morgan fingerprint density at radius 1 is 1.11 bits per heavy atom. The summed E-state index contributed by atoms with van der Waals surface area (Å²) in [7, 11) is -3.56. The zero-order chi connectivity index (χ0) is 19.6. The number of hydrogen-bond donors (Lipinski definition) is 1. The standard InChI is InChI=1S/C19H32N4O3S/c1-14-9-5-6-10-17(14)20-18(24)13-23-16(3)19(15(2)21-23)27(25,26)22-11-7-4-8-12-22/h14,17H,4-13H2,1-3H3,(H,20,24). The summed E-state index contributed by atoms with van der Waals surface area (Å²) in [5.74, 6) is 0.388. The number of sulfonamides is 1. The van der Waals surface area contributed by atoms with Crippen LogP contribution < -0.4 is 5.32 Å². The van der Waals surface area contributed by atoms with Crippen LogP contribution in [0.15, 0.2) is 4.90 Å². The highest BCUT2D eigenvalue weighted by atomic mass is 32.2. The largest absolute Gasteiger partial charge is 0.351 e. The van der Waals surface area contributed by atoms with E-state index in [2.05, 4.69) is 17.3 Å². The Bertz CT molecular complexity index is 781. The normalized spacial score (nSPS) is 24.7. The summed E-state index contributed by atoms with van der Waals surface area (Å²) in [6.45, 7) is 6.82. The summed E-state index contributed by atoms with van der Waals surface area (Å²) in [4.78, 5) is 12.8. The van der Waals surface area contributed by atoms with Gasteiger partial charge in [-0.05, 0) is 45.4 Å². The highest BCUT2D eigenvalue weighted by Gasteiger charge is 2.32. The molecule has 1 saturated heterocycles. The first-order valence-electron chi connectivity index (χ1n) is 10.1. The average molecular weight is 397 g/mol. The van der Waals surface area contributed by atoms with Crippen LogP contribution in [-0.2, 0) is 21.4 Å². The molecular weight excluding hydrogens is 364 g/mol. The molecule has 0 radical (unpaired) electrons. The van der Waals surface area contributed by atoms with Gasteiger partial charge >= 0.3 is 0 Å². The molecule has 1 aromatic heterocycles. The highest BCUT2D eigenvalue weighted by Crippen LogP contribution is 2.26. The summed E-state index contributed by atoms with van der Waals surface area (Å²) in [6, 6.07) is 0.208. The van der Waals surface area contributed by atoms with Gasteiger partial charge in [0.25, 0.3) is 0 Å². The van der Waals surface area contributed by atoms with Gasteiger partial charge < -0.3 is 5.32 Å². The molecular formula is C19H32N4O3S. The van der Waals surface area contributed by atoms with E-state index in [0.29, 0.717) is 30.4 Å². The number of aromatic nitrogens is 2. The summed E-state index contributed by atoms with van der Waals surface area (Å²) in [5, 5.41) is 7.49. The zero-order valence-electron chi connectivity index (χ0n) is 16.7. The van der Waals surface area contributed by atoms with Gasteiger partial charge in [-0.1, -0.05) is 26.2 Å². The van der Waals surface area contributed by atoms with E-state index in [0.717, 1.165) is 38.5 Å².